The third-order valence-corrected chi connectivity index (χ3v) is 8.33. The van der Waals surface area contributed by atoms with Gasteiger partial charge in [0.25, 0.3) is 0 Å². The number of thioether (sulfide) groups is 1. The Kier molecular flexibility index (Phi) is 4.80. The zero-order valence-electron chi connectivity index (χ0n) is 18.0. The molecule has 1 aliphatic carbocycles. The van der Waals surface area contributed by atoms with Gasteiger partial charge in [-0.25, -0.2) is 4.98 Å². The molecule has 1 aromatic carbocycles. The number of rotatable bonds is 4. The molecule has 0 amide bonds. The quantitative estimate of drug-likeness (QED) is 0.359. The Morgan fingerprint density at radius 3 is 2.91 bits per heavy atom. The largest absolute Gasteiger partial charge is 0.322 e. The molecule has 0 atom stereocenters. The Morgan fingerprint density at radius 1 is 1.19 bits per heavy atom. The van der Waals surface area contributed by atoms with Crippen molar-refractivity contribution in [2.45, 2.75) is 56.4 Å². The highest BCUT2D eigenvalue weighted by Crippen LogP contribution is 2.39. The highest BCUT2D eigenvalue weighted by molar-refractivity contribution is 7.98. The maximum absolute atomic E-state index is 12.2. The van der Waals surface area contributed by atoms with Crippen molar-refractivity contribution in [3.63, 3.8) is 0 Å². The molecule has 8 heteroatoms. The molecule has 6 nitrogen and oxygen atoms in total. The van der Waals surface area contributed by atoms with E-state index < -0.39 is 0 Å². The Labute approximate surface area is 193 Å². The number of hydrogen-bond acceptors (Lipinski definition) is 6. The number of nitrogens with one attached hydrogen (secondary N) is 1. The summed E-state index contributed by atoms with van der Waals surface area (Å²) in [5.74, 6) is 1.88. The first-order valence-corrected chi connectivity index (χ1v) is 12.8. The monoisotopic (exact) mass is 461 g/mol. The van der Waals surface area contributed by atoms with Crippen molar-refractivity contribution in [3.05, 3.63) is 62.5 Å². The molecule has 1 N–H and O–H groups in total. The van der Waals surface area contributed by atoms with Gasteiger partial charge in [0, 0.05) is 33.5 Å². The molecular weight excluding hydrogens is 438 g/mol. The van der Waals surface area contributed by atoms with Crippen LogP contribution in [-0.2, 0) is 18.6 Å². The maximum Gasteiger partial charge on any atom is 0.248 e. The SMILES string of the molecule is CC(C)c1nc2sc3c(c2c2nnc(SCc4cc(=O)[nH]c5ccccc45)n12)CCCC3. The van der Waals surface area contributed by atoms with Gasteiger partial charge in [0.2, 0.25) is 5.56 Å². The predicted molar refractivity (Wildman–Crippen MR) is 131 cm³/mol. The molecule has 0 bridgehead atoms. The second-order valence-electron chi connectivity index (χ2n) is 8.65. The number of nitrogens with zero attached hydrogens (tertiary/aromatic N) is 4. The summed E-state index contributed by atoms with van der Waals surface area (Å²) in [4.78, 5) is 22.7. The van der Waals surface area contributed by atoms with Crippen molar-refractivity contribution in [3.8, 4) is 0 Å². The van der Waals surface area contributed by atoms with Gasteiger partial charge >= 0.3 is 0 Å². The van der Waals surface area contributed by atoms with Crippen LogP contribution < -0.4 is 5.56 Å². The lowest BCUT2D eigenvalue weighted by Gasteiger charge is -2.12. The van der Waals surface area contributed by atoms with Gasteiger partial charge in [0.1, 0.15) is 10.7 Å². The van der Waals surface area contributed by atoms with E-state index in [2.05, 4.69) is 33.4 Å². The van der Waals surface area contributed by atoms with Crippen LogP contribution in [0.5, 0.6) is 0 Å². The fourth-order valence-electron chi connectivity index (χ4n) is 4.67. The van der Waals surface area contributed by atoms with Gasteiger partial charge in [0.05, 0.1) is 5.39 Å². The predicted octanol–water partition coefficient (Wildman–Crippen LogP) is 5.48. The van der Waals surface area contributed by atoms with Gasteiger partial charge in [-0.05, 0) is 42.9 Å². The standard InChI is InChI=1S/C24H23N5OS2/c1-13(2)21-26-23-20(16-8-4-6-10-18(16)32-23)22-27-28-24(29(21)22)31-12-14-11-19(30)25-17-9-5-3-7-15(14)17/h3,5,7,9,11,13H,4,6,8,10,12H2,1-2H3,(H,25,30). The number of thiophene rings is 1. The molecule has 0 spiro atoms. The van der Waals surface area contributed by atoms with Gasteiger partial charge in [-0.3, -0.25) is 9.20 Å². The Hall–Kier alpha value is -2.71. The molecule has 6 rings (SSSR count). The summed E-state index contributed by atoms with van der Waals surface area (Å²) < 4.78 is 2.15. The van der Waals surface area contributed by atoms with E-state index in [1.165, 1.54) is 28.7 Å². The Balaban J connectivity index is 1.48. The van der Waals surface area contributed by atoms with Crippen LogP contribution >= 0.6 is 23.1 Å². The fraction of sp³-hybridized carbons (Fsp3) is 0.333. The minimum absolute atomic E-state index is 0.0819. The van der Waals surface area contributed by atoms with E-state index >= 15 is 0 Å². The van der Waals surface area contributed by atoms with Crippen LogP contribution in [0.2, 0.25) is 0 Å². The van der Waals surface area contributed by atoms with E-state index in [1.54, 1.807) is 17.8 Å². The average molecular weight is 462 g/mol. The first-order chi connectivity index (χ1) is 15.6. The third kappa shape index (κ3) is 3.16. The van der Waals surface area contributed by atoms with Crippen LogP contribution in [0.15, 0.2) is 40.3 Å². The van der Waals surface area contributed by atoms with Crippen LogP contribution in [0.25, 0.3) is 26.8 Å². The van der Waals surface area contributed by atoms with Crippen molar-refractivity contribution in [1.29, 1.82) is 0 Å². The highest BCUT2D eigenvalue weighted by Gasteiger charge is 2.24. The number of H-pyrrole nitrogens is 1. The number of fused-ring (bicyclic) bond motifs is 6. The summed E-state index contributed by atoms with van der Waals surface area (Å²) in [5, 5.41) is 12.3. The number of para-hydroxylation sites is 1. The minimum atomic E-state index is -0.0819. The van der Waals surface area contributed by atoms with Gasteiger partial charge in [-0.1, -0.05) is 43.8 Å². The van der Waals surface area contributed by atoms with E-state index in [4.69, 9.17) is 4.98 Å². The lowest BCUT2D eigenvalue weighted by Crippen LogP contribution is -2.07. The van der Waals surface area contributed by atoms with Gasteiger partial charge in [-0.15, -0.1) is 21.5 Å². The molecule has 5 aromatic rings. The van der Waals surface area contributed by atoms with Crippen LogP contribution in [0, 0.1) is 0 Å². The number of benzene rings is 1. The van der Waals surface area contributed by atoms with Crippen molar-refractivity contribution in [2.24, 2.45) is 0 Å². The second-order valence-corrected chi connectivity index (χ2v) is 10.7. The molecule has 0 saturated heterocycles. The molecule has 0 unspecified atom stereocenters. The van der Waals surface area contributed by atoms with Crippen molar-refractivity contribution in [1.82, 2.24) is 24.6 Å². The summed E-state index contributed by atoms with van der Waals surface area (Å²) in [5.41, 5.74) is 4.13. The lowest BCUT2D eigenvalue weighted by molar-refractivity contribution is 0.699. The van der Waals surface area contributed by atoms with Crippen LogP contribution in [-0.4, -0.2) is 24.6 Å². The molecule has 0 radical (unpaired) electrons. The smallest absolute Gasteiger partial charge is 0.248 e. The Bertz CT molecular complexity index is 1550. The summed E-state index contributed by atoms with van der Waals surface area (Å²) in [6.07, 6.45) is 4.72. The first kappa shape index (κ1) is 19.9. The molecule has 4 heterocycles. The summed E-state index contributed by atoms with van der Waals surface area (Å²) >= 11 is 3.44. The first-order valence-electron chi connectivity index (χ1n) is 11.0. The third-order valence-electron chi connectivity index (χ3n) is 6.16. The average Bonchev–Trinajstić information content (AvgIpc) is 3.37. The van der Waals surface area contributed by atoms with Crippen LogP contribution in [0.3, 0.4) is 0 Å². The normalized spacial score (nSPS) is 14.1. The van der Waals surface area contributed by atoms with E-state index in [9.17, 15) is 4.79 Å². The molecule has 1 aliphatic rings. The highest BCUT2D eigenvalue weighted by atomic mass is 32.2. The van der Waals surface area contributed by atoms with Gasteiger partial charge in [-0.2, -0.15) is 0 Å². The van der Waals surface area contributed by atoms with E-state index in [0.29, 0.717) is 5.75 Å². The van der Waals surface area contributed by atoms with E-state index in [1.807, 2.05) is 35.6 Å². The Morgan fingerprint density at radius 2 is 2.03 bits per heavy atom. The number of aromatic nitrogens is 5. The van der Waals surface area contributed by atoms with Crippen molar-refractivity contribution in [2.75, 3.05) is 0 Å². The molecule has 4 aromatic heterocycles. The van der Waals surface area contributed by atoms with E-state index in [-0.39, 0.29) is 11.5 Å². The zero-order valence-corrected chi connectivity index (χ0v) is 19.6. The van der Waals surface area contributed by atoms with Gasteiger partial charge < -0.3 is 4.98 Å². The molecule has 0 aliphatic heterocycles. The zero-order chi connectivity index (χ0) is 21.8. The number of hydrogen-bond donors (Lipinski definition) is 1. The van der Waals surface area contributed by atoms with E-state index in [0.717, 1.165) is 50.8 Å². The van der Waals surface area contributed by atoms with Gasteiger partial charge in [0.15, 0.2) is 10.8 Å². The van der Waals surface area contributed by atoms with Crippen LogP contribution in [0.1, 0.15) is 54.4 Å². The number of pyridine rings is 1. The lowest BCUT2D eigenvalue weighted by atomic mass is 9.97. The van der Waals surface area contributed by atoms with Crippen molar-refractivity contribution < 1.29 is 0 Å². The molecule has 0 saturated carbocycles. The number of aryl methyl sites for hydroxylation is 2. The number of aromatic amines is 1. The topological polar surface area (TPSA) is 75.9 Å². The molecular formula is C24H23N5OS2. The summed E-state index contributed by atoms with van der Waals surface area (Å²) in [6, 6.07) is 9.61. The molecule has 0 fully saturated rings. The van der Waals surface area contributed by atoms with Crippen molar-refractivity contribution >= 4 is 49.9 Å². The fourth-order valence-corrected chi connectivity index (χ4v) is 6.87. The second kappa shape index (κ2) is 7.71. The van der Waals surface area contributed by atoms with Crippen LogP contribution in [0.4, 0.5) is 0 Å². The minimum Gasteiger partial charge on any atom is -0.322 e. The summed E-state index contributed by atoms with van der Waals surface area (Å²) in [7, 11) is 0. The molecule has 32 heavy (non-hydrogen) atoms. The molecule has 162 valence electrons. The maximum atomic E-state index is 12.2. The summed E-state index contributed by atoms with van der Waals surface area (Å²) in [6.45, 7) is 4.33.